The van der Waals surface area contributed by atoms with E-state index in [1.54, 1.807) is 0 Å². The van der Waals surface area contributed by atoms with E-state index in [4.69, 9.17) is 0 Å². The number of benzene rings is 2. The third-order valence-electron chi connectivity index (χ3n) is 4.06. The van der Waals surface area contributed by atoms with Gasteiger partial charge >= 0.3 is 0 Å². The van der Waals surface area contributed by atoms with Crippen molar-refractivity contribution in [1.82, 2.24) is 5.32 Å². The highest BCUT2D eigenvalue weighted by atomic mass is 79.9. The summed E-state index contributed by atoms with van der Waals surface area (Å²) in [6.45, 7) is 1.09. The largest absolute Gasteiger partial charge is 0.310 e. The molecule has 1 aliphatic carbocycles. The van der Waals surface area contributed by atoms with Gasteiger partial charge in [0.25, 0.3) is 0 Å². The van der Waals surface area contributed by atoms with Gasteiger partial charge in [0.15, 0.2) is 0 Å². The second kappa shape index (κ2) is 6.55. The van der Waals surface area contributed by atoms with E-state index in [0.717, 1.165) is 13.0 Å². The fourth-order valence-corrected chi connectivity index (χ4v) is 3.42. The lowest BCUT2D eigenvalue weighted by Gasteiger charge is -2.14. The topological polar surface area (TPSA) is 12.0 Å². The van der Waals surface area contributed by atoms with Crippen LogP contribution < -0.4 is 5.32 Å². The predicted molar refractivity (Wildman–Crippen MR) is 88.0 cm³/mol. The van der Waals surface area contributed by atoms with Crippen molar-refractivity contribution in [3.05, 3.63) is 69.7 Å². The van der Waals surface area contributed by atoms with Crippen LogP contribution in [0.15, 0.2) is 53.0 Å². The Morgan fingerprint density at radius 2 is 1.95 bits per heavy atom. The van der Waals surface area contributed by atoms with Gasteiger partial charge in [-0.25, -0.2) is 0 Å². The van der Waals surface area contributed by atoms with Crippen LogP contribution in [0.4, 0.5) is 0 Å². The molecule has 1 nitrogen and oxygen atoms in total. The molecule has 2 heteroatoms. The van der Waals surface area contributed by atoms with Crippen LogP contribution in [-0.2, 0) is 12.8 Å². The van der Waals surface area contributed by atoms with Gasteiger partial charge in [0.2, 0.25) is 0 Å². The number of aryl methyl sites for hydroxylation is 2. The first kappa shape index (κ1) is 13.8. The molecule has 104 valence electrons. The van der Waals surface area contributed by atoms with E-state index in [2.05, 4.69) is 69.8 Å². The molecule has 0 radical (unpaired) electrons. The molecule has 0 heterocycles. The minimum Gasteiger partial charge on any atom is -0.310 e. The predicted octanol–water partition coefficient (Wildman–Crippen LogP) is 4.66. The molecule has 1 aliphatic rings. The van der Waals surface area contributed by atoms with E-state index in [1.165, 1.54) is 40.4 Å². The van der Waals surface area contributed by atoms with Crippen molar-refractivity contribution in [2.45, 2.75) is 31.7 Å². The van der Waals surface area contributed by atoms with Gasteiger partial charge in [-0.05, 0) is 61.1 Å². The minimum atomic E-state index is 0.550. The molecule has 2 aromatic carbocycles. The maximum Gasteiger partial charge on any atom is 0.0326 e. The molecule has 2 aromatic rings. The Balaban J connectivity index is 1.49. The number of fused-ring (bicyclic) bond motifs is 1. The molecular formula is C18H20BrN. The lowest BCUT2D eigenvalue weighted by Crippen LogP contribution is -2.20. The van der Waals surface area contributed by atoms with Gasteiger partial charge in [-0.2, -0.15) is 0 Å². The first-order valence-electron chi connectivity index (χ1n) is 7.38. The van der Waals surface area contributed by atoms with Crippen LogP contribution in [-0.4, -0.2) is 6.54 Å². The quantitative estimate of drug-likeness (QED) is 0.786. The summed E-state index contributed by atoms with van der Waals surface area (Å²) < 4.78 is 1.20. The number of hydrogen-bond acceptors (Lipinski definition) is 1. The van der Waals surface area contributed by atoms with Crippen LogP contribution in [0.5, 0.6) is 0 Å². The average molecular weight is 330 g/mol. The van der Waals surface area contributed by atoms with Gasteiger partial charge in [0, 0.05) is 10.5 Å². The van der Waals surface area contributed by atoms with Crippen molar-refractivity contribution in [2.75, 3.05) is 6.54 Å². The standard InChI is InChI=1S/C18H20BrN/c19-16-9-10-17-15(13-16)8-11-18(17)20-12-4-7-14-5-2-1-3-6-14/h1-3,5-6,9-10,13,18,20H,4,7-8,11-12H2. The Morgan fingerprint density at radius 1 is 1.10 bits per heavy atom. The number of rotatable bonds is 5. The van der Waals surface area contributed by atoms with Crippen molar-refractivity contribution in [3.63, 3.8) is 0 Å². The summed E-state index contributed by atoms with van der Waals surface area (Å²) in [5.74, 6) is 0. The van der Waals surface area contributed by atoms with Gasteiger partial charge in [-0.3, -0.25) is 0 Å². The number of halogens is 1. The Bertz CT molecular complexity index is 565. The van der Waals surface area contributed by atoms with E-state index in [0.29, 0.717) is 6.04 Å². The summed E-state index contributed by atoms with van der Waals surface area (Å²) in [6, 6.07) is 18.0. The molecular weight excluding hydrogens is 310 g/mol. The molecule has 0 saturated carbocycles. The van der Waals surface area contributed by atoms with E-state index in [9.17, 15) is 0 Å². The van der Waals surface area contributed by atoms with Gasteiger partial charge in [0.1, 0.15) is 0 Å². The van der Waals surface area contributed by atoms with Crippen molar-refractivity contribution >= 4 is 15.9 Å². The highest BCUT2D eigenvalue weighted by molar-refractivity contribution is 9.10. The molecule has 0 amide bonds. The first-order valence-corrected chi connectivity index (χ1v) is 8.18. The Morgan fingerprint density at radius 3 is 2.80 bits per heavy atom. The SMILES string of the molecule is Brc1ccc2c(c1)CCC2NCCCc1ccccc1. The zero-order valence-electron chi connectivity index (χ0n) is 11.6. The Labute approximate surface area is 129 Å². The molecule has 20 heavy (non-hydrogen) atoms. The summed E-state index contributed by atoms with van der Waals surface area (Å²) in [4.78, 5) is 0. The third-order valence-corrected chi connectivity index (χ3v) is 4.55. The number of hydrogen-bond donors (Lipinski definition) is 1. The highest BCUT2D eigenvalue weighted by Crippen LogP contribution is 2.32. The number of nitrogens with one attached hydrogen (secondary N) is 1. The smallest absolute Gasteiger partial charge is 0.0326 e. The van der Waals surface area contributed by atoms with Crippen molar-refractivity contribution in [1.29, 1.82) is 0 Å². The molecule has 0 aromatic heterocycles. The van der Waals surface area contributed by atoms with Crippen LogP contribution >= 0.6 is 15.9 Å². The monoisotopic (exact) mass is 329 g/mol. The lowest BCUT2D eigenvalue weighted by molar-refractivity contribution is 0.520. The molecule has 0 bridgehead atoms. The van der Waals surface area contributed by atoms with Crippen LogP contribution in [0, 0.1) is 0 Å². The molecule has 0 fully saturated rings. The van der Waals surface area contributed by atoms with Gasteiger partial charge in [0.05, 0.1) is 0 Å². The maximum atomic E-state index is 3.71. The fourth-order valence-electron chi connectivity index (χ4n) is 3.01. The maximum absolute atomic E-state index is 3.71. The molecule has 1 N–H and O–H groups in total. The molecule has 0 saturated heterocycles. The molecule has 1 atom stereocenters. The zero-order valence-corrected chi connectivity index (χ0v) is 13.2. The van der Waals surface area contributed by atoms with E-state index in [1.807, 2.05) is 0 Å². The van der Waals surface area contributed by atoms with Crippen molar-refractivity contribution in [2.24, 2.45) is 0 Å². The van der Waals surface area contributed by atoms with Crippen molar-refractivity contribution < 1.29 is 0 Å². The summed E-state index contributed by atoms with van der Waals surface area (Å²) in [6.07, 6.45) is 4.79. The van der Waals surface area contributed by atoms with Crippen LogP contribution in [0.1, 0.15) is 35.6 Å². The molecule has 0 aliphatic heterocycles. The van der Waals surface area contributed by atoms with E-state index in [-0.39, 0.29) is 0 Å². The Hall–Kier alpha value is -1.12. The average Bonchev–Trinajstić information content (AvgIpc) is 2.87. The van der Waals surface area contributed by atoms with Crippen LogP contribution in [0.2, 0.25) is 0 Å². The van der Waals surface area contributed by atoms with E-state index >= 15 is 0 Å². The summed E-state index contributed by atoms with van der Waals surface area (Å²) in [5, 5.41) is 3.71. The van der Waals surface area contributed by atoms with Gasteiger partial charge in [-0.15, -0.1) is 0 Å². The normalized spacial score (nSPS) is 17.1. The van der Waals surface area contributed by atoms with Crippen LogP contribution in [0.3, 0.4) is 0 Å². The van der Waals surface area contributed by atoms with Crippen LogP contribution in [0.25, 0.3) is 0 Å². The van der Waals surface area contributed by atoms with Gasteiger partial charge in [-0.1, -0.05) is 52.3 Å². The molecule has 1 unspecified atom stereocenters. The van der Waals surface area contributed by atoms with Gasteiger partial charge < -0.3 is 5.32 Å². The highest BCUT2D eigenvalue weighted by Gasteiger charge is 2.21. The van der Waals surface area contributed by atoms with Crippen molar-refractivity contribution in [3.8, 4) is 0 Å². The summed E-state index contributed by atoms with van der Waals surface area (Å²) in [7, 11) is 0. The molecule has 0 spiro atoms. The minimum absolute atomic E-state index is 0.550. The summed E-state index contributed by atoms with van der Waals surface area (Å²) >= 11 is 3.55. The zero-order chi connectivity index (χ0) is 13.8. The molecule has 3 rings (SSSR count). The Kier molecular flexibility index (Phi) is 4.54. The second-order valence-electron chi connectivity index (χ2n) is 5.48. The van der Waals surface area contributed by atoms with E-state index < -0.39 is 0 Å². The lowest BCUT2D eigenvalue weighted by atomic mass is 10.1. The first-order chi connectivity index (χ1) is 9.83. The third kappa shape index (κ3) is 3.31. The fraction of sp³-hybridized carbons (Fsp3) is 0.333. The summed E-state index contributed by atoms with van der Waals surface area (Å²) in [5.41, 5.74) is 4.43. The second-order valence-corrected chi connectivity index (χ2v) is 6.39.